The SMILES string of the molecule is CCCCCCCCCCOC(CCCCCCCC)C(OCCC)(OCCC)OCCC. The molecular formula is C29H60O4. The number of ether oxygens (including phenoxy) is 4. The Bertz CT molecular complexity index is 353. The summed E-state index contributed by atoms with van der Waals surface area (Å²) in [5.74, 6) is -1.06. The normalized spacial score (nSPS) is 13.0. The van der Waals surface area contributed by atoms with Gasteiger partial charge in [-0.15, -0.1) is 0 Å². The fourth-order valence-electron chi connectivity index (χ4n) is 4.07. The minimum absolute atomic E-state index is 0.169. The summed E-state index contributed by atoms with van der Waals surface area (Å²) >= 11 is 0. The molecule has 200 valence electrons. The molecule has 0 aliphatic carbocycles. The maximum Gasteiger partial charge on any atom is 0.310 e. The van der Waals surface area contributed by atoms with Crippen LogP contribution in [-0.2, 0) is 18.9 Å². The molecule has 0 aliphatic rings. The Morgan fingerprint density at radius 1 is 0.424 bits per heavy atom. The van der Waals surface area contributed by atoms with E-state index in [1.54, 1.807) is 0 Å². The summed E-state index contributed by atoms with van der Waals surface area (Å²) in [7, 11) is 0. The van der Waals surface area contributed by atoms with Gasteiger partial charge in [0.25, 0.3) is 0 Å². The lowest BCUT2D eigenvalue weighted by Gasteiger charge is -2.39. The van der Waals surface area contributed by atoms with E-state index in [0.717, 1.165) is 45.1 Å². The van der Waals surface area contributed by atoms with E-state index in [9.17, 15) is 0 Å². The zero-order valence-corrected chi connectivity index (χ0v) is 23.3. The molecule has 0 bridgehead atoms. The van der Waals surface area contributed by atoms with E-state index in [-0.39, 0.29) is 6.10 Å². The van der Waals surface area contributed by atoms with Gasteiger partial charge in [-0.1, -0.05) is 118 Å². The van der Waals surface area contributed by atoms with Gasteiger partial charge < -0.3 is 18.9 Å². The van der Waals surface area contributed by atoms with E-state index in [1.165, 1.54) is 77.0 Å². The molecule has 0 aliphatic heterocycles. The van der Waals surface area contributed by atoms with Crippen molar-refractivity contribution in [1.29, 1.82) is 0 Å². The third kappa shape index (κ3) is 17.9. The summed E-state index contributed by atoms with van der Waals surface area (Å²) in [6, 6.07) is 0. The maximum absolute atomic E-state index is 6.50. The molecule has 1 unspecified atom stereocenters. The van der Waals surface area contributed by atoms with Crippen LogP contribution in [0.2, 0.25) is 0 Å². The lowest BCUT2D eigenvalue weighted by atomic mass is 10.1. The van der Waals surface area contributed by atoms with E-state index in [0.29, 0.717) is 19.8 Å². The Balaban J connectivity index is 4.90. The summed E-state index contributed by atoms with van der Waals surface area (Å²) in [5.41, 5.74) is 0. The molecular weight excluding hydrogens is 412 g/mol. The number of hydrogen-bond acceptors (Lipinski definition) is 4. The van der Waals surface area contributed by atoms with Crippen LogP contribution in [0, 0.1) is 0 Å². The smallest absolute Gasteiger partial charge is 0.310 e. The fourth-order valence-corrected chi connectivity index (χ4v) is 4.07. The minimum atomic E-state index is -1.06. The largest absolute Gasteiger partial charge is 0.370 e. The van der Waals surface area contributed by atoms with Crippen molar-refractivity contribution in [2.75, 3.05) is 26.4 Å². The van der Waals surface area contributed by atoms with Crippen LogP contribution in [-0.4, -0.2) is 38.5 Å². The zero-order valence-electron chi connectivity index (χ0n) is 23.3. The van der Waals surface area contributed by atoms with Crippen LogP contribution in [0.25, 0.3) is 0 Å². The third-order valence-corrected chi connectivity index (χ3v) is 6.05. The van der Waals surface area contributed by atoms with Crippen molar-refractivity contribution in [2.45, 2.75) is 162 Å². The first-order chi connectivity index (χ1) is 16.2. The fraction of sp³-hybridized carbons (Fsp3) is 1.00. The lowest BCUT2D eigenvalue weighted by Crippen LogP contribution is -2.52. The molecule has 0 aromatic rings. The van der Waals surface area contributed by atoms with E-state index in [1.807, 2.05) is 0 Å². The number of hydrogen-bond donors (Lipinski definition) is 0. The van der Waals surface area contributed by atoms with Crippen molar-refractivity contribution >= 4 is 0 Å². The van der Waals surface area contributed by atoms with E-state index in [4.69, 9.17) is 18.9 Å². The predicted octanol–water partition coefficient (Wildman–Crippen LogP) is 9.20. The van der Waals surface area contributed by atoms with Crippen molar-refractivity contribution in [2.24, 2.45) is 0 Å². The summed E-state index contributed by atoms with van der Waals surface area (Å²) in [6.07, 6.45) is 21.7. The maximum atomic E-state index is 6.50. The molecule has 33 heavy (non-hydrogen) atoms. The molecule has 4 heteroatoms. The van der Waals surface area contributed by atoms with Gasteiger partial charge >= 0.3 is 5.97 Å². The van der Waals surface area contributed by atoms with E-state index in [2.05, 4.69) is 34.6 Å². The molecule has 0 aromatic carbocycles. The standard InChI is InChI=1S/C29H60O4/c1-6-11-13-15-17-18-20-22-27-30-28(23-21-19-16-14-12-7-2)29(31-24-8-3,32-25-9-4)33-26-10-5/h28H,6-27H2,1-5H3. The second-order valence-corrected chi connectivity index (χ2v) is 9.54. The van der Waals surface area contributed by atoms with Crippen LogP contribution in [0.15, 0.2) is 0 Å². The first-order valence-corrected chi connectivity index (χ1v) is 14.7. The van der Waals surface area contributed by atoms with Crippen molar-refractivity contribution in [3.05, 3.63) is 0 Å². The first-order valence-electron chi connectivity index (χ1n) is 14.7. The Kier molecular flexibility index (Phi) is 24.8. The zero-order chi connectivity index (χ0) is 24.5. The molecule has 4 nitrogen and oxygen atoms in total. The van der Waals surface area contributed by atoms with Crippen LogP contribution in [0.3, 0.4) is 0 Å². The number of rotatable bonds is 27. The van der Waals surface area contributed by atoms with Crippen LogP contribution in [0.5, 0.6) is 0 Å². The van der Waals surface area contributed by atoms with Crippen molar-refractivity contribution in [3.63, 3.8) is 0 Å². The van der Waals surface area contributed by atoms with Gasteiger partial charge in [-0.3, -0.25) is 0 Å². The summed E-state index contributed by atoms with van der Waals surface area (Å²) < 4.78 is 25.4. The van der Waals surface area contributed by atoms with Gasteiger partial charge in [0.05, 0.1) is 19.8 Å². The average Bonchev–Trinajstić information content (AvgIpc) is 2.83. The third-order valence-electron chi connectivity index (χ3n) is 6.05. The Morgan fingerprint density at radius 3 is 1.24 bits per heavy atom. The van der Waals surface area contributed by atoms with Crippen LogP contribution in [0.4, 0.5) is 0 Å². The Morgan fingerprint density at radius 2 is 0.818 bits per heavy atom. The molecule has 0 saturated heterocycles. The van der Waals surface area contributed by atoms with Crippen molar-refractivity contribution in [1.82, 2.24) is 0 Å². The first kappa shape index (κ1) is 32.8. The van der Waals surface area contributed by atoms with Crippen LogP contribution >= 0.6 is 0 Å². The molecule has 0 aromatic heterocycles. The van der Waals surface area contributed by atoms with Gasteiger partial charge in [0.2, 0.25) is 0 Å². The van der Waals surface area contributed by atoms with Gasteiger partial charge in [0.1, 0.15) is 6.10 Å². The monoisotopic (exact) mass is 472 g/mol. The average molecular weight is 473 g/mol. The number of unbranched alkanes of at least 4 members (excludes halogenated alkanes) is 12. The highest BCUT2D eigenvalue weighted by molar-refractivity contribution is 4.74. The minimum Gasteiger partial charge on any atom is -0.370 e. The summed E-state index contributed by atoms with van der Waals surface area (Å²) in [5, 5.41) is 0. The van der Waals surface area contributed by atoms with E-state index >= 15 is 0 Å². The summed E-state index contributed by atoms with van der Waals surface area (Å²) in [4.78, 5) is 0. The lowest BCUT2D eigenvalue weighted by molar-refractivity contribution is -0.418. The van der Waals surface area contributed by atoms with Crippen LogP contribution in [0.1, 0.15) is 150 Å². The Labute approximate surface area is 207 Å². The van der Waals surface area contributed by atoms with E-state index < -0.39 is 5.97 Å². The second kappa shape index (κ2) is 24.9. The second-order valence-electron chi connectivity index (χ2n) is 9.54. The molecule has 1 atom stereocenters. The highest BCUT2D eigenvalue weighted by Gasteiger charge is 2.43. The highest BCUT2D eigenvalue weighted by atomic mass is 16.9. The molecule has 0 radical (unpaired) electrons. The van der Waals surface area contributed by atoms with Crippen molar-refractivity contribution in [3.8, 4) is 0 Å². The van der Waals surface area contributed by atoms with Gasteiger partial charge in [0.15, 0.2) is 0 Å². The van der Waals surface area contributed by atoms with Gasteiger partial charge in [-0.2, -0.15) is 0 Å². The molecule has 0 spiro atoms. The summed E-state index contributed by atoms with van der Waals surface area (Å²) in [6.45, 7) is 13.6. The predicted molar refractivity (Wildman–Crippen MR) is 142 cm³/mol. The molecule has 0 N–H and O–H groups in total. The molecule has 0 rings (SSSR count). The Hall–Kier alpha value is -0.160. The topological polar surface area (TPSA) is 36.9 Å². The van der Waals surface area contributed by atoms with Crippen molar-refractivity contribution < 1.29 is 18.9 Å². The molecule has 0 saturated carbocycles. The van der Waals surface area contributed by atoms with Gasteiger partial charge in [-0.25, -0.2) is 0 Å². The quantitative estimate of drug-likeness (QED) is 0.0881. The van der Waals surface area contributed by atoms with Gasteiger partial charge in [0, 0.05) is 6.61 Å². The molecule has 0 fully saturated rings. The molecule has 0 amide bonds. The molecule has 0 heterocycles. The van der Waals surface area contributed by atoms with Gasteiger partial charge in [-0.05, 0) is 32.1 Å². The van der Waals surface area contributed by atoms with Crippen LogP contribution < -0.4 is 0 Å². The highest BCUT2D eigenvalue weighted by Crippen LogP contribution is 2.29.